The molecule has 1 spiro atoms. The van der Waals surface area contributed by atoms with Crippen LogP contribution in [0.4, 0.5) is 6.01 Å². The van der Waals surface area contributed by atoms with E-state index in [-0.39, 0.29) is 17.5 Å². The number of oxazole rings is 1. The van der Waals surface area contributed by atoms with Gasteiger partial charge in [0.1, 0.15) is 11.3 Å². The van der Waals surface area contributed by atoms with Crippen LogP contribution in [-0.2, 0) is 19.7 Å². The average Bonchev–Trinajstić information content (AvgIpc) is 3.10. The van der Waals surface area contributed by atoms with Crippen molar-refractivity contribution < 1.29 is 18.7 Å². The van der Waals surface area contributed by atoms with Crippen LogP contribution in [0.25, 0.3) is 11.3 Å². The molecule has 3 N–H and O–H groups in total. The van der Waals surface area contributed by atoms with Gasteiger partial charge in [0.2, 0.25) is 5.91 Å². The highest BCUT2D eigenvalue weighted by Gasteiger charge is 2.61. The Kier molecular flexibility index (Phi) is 3.59. The van der Waals surface area contributed by atoms with Crippen LogP contribution < -0.4 is 11.1 Å². The lowest BCUT2D eigenvalue weighted by Crippen LogP contribution is -2.41. The summed E-state index contributed by atoms with van der Waals surface area (Å²) in [6.45, 7) is 6.99. The second-order valence-corrected chi connectivity index (χ2v) is 8.54. The van der Waals surface area contributed by atoms with Gasteiger partial charge in [0.25, 0.3) is 6.01 Å². The Balaban J connectivity index is 2.04. The zero-order valence-electron chi connectivity index (χ0n) is 15.3. The fraction of sp³-hybridized carbons (Fsp3) is 0.316. The molecule has 2 aromatic rings. The van der Waals surface area contributed by atoms with Crippen molar-refractivity contribution in [2.45, 2.75) is 38.7 Å². The lowest BCUT2D eigenvalue weighted by molar-refractivity contribution is -0.151. The predicted molar refractivity (Wildman–Crippen MR) is 102 cm³/mol. The third kappa shape index (κ3) is 2.36. The Bertz CT molecular complexity index is 1050. The van der Waals surface area contributed by atoms with Crippen molar-refractivity contribution in [2.75, 3.05) is 5.73 Å². The molecule has 2 heterocycles. The van der Waals surface area contributed by atoms with E-state index in [1.54, 1.807) is 33.8 Å². The molecule has 1 aliphatic heterocycles. The number of benzene rings is 1. The van der Waals surface area contributed by atoms with Gasteiger partial charge in [-0.05, 0) is 51.5 Å². The number of carbonyl (C=O) groups excluding carboxylic acids is 2. The molecule has 8 heteroatoms. The Morgan fingerprint density at radius 1 is 1.37 bits per heavy atom. The minimum Gasteiger partial charge on any atom is -0.457 e. The summed E-state index contributed by atoms with van der Waals surface area (Å²) in [5.41, 5.74) is 5.81. The smallest absolute Gasteiger partial charge is 0.338 e. The van der Waals surface area contributed by atoms with Crippen LogP contribution >= 0.6 is 15.9 Å². The van der Waals surface area contributed by atoms with Gasteiger partial charge >= 0.3 is 5.97 Å². The van der Waals surface area contributed by atoms with E-state index in [9.17, 15) is 9.59 Å². The number of nitrogens with zero attached hydrogens (tertiary/aromatic N) is 1. The van der Waals surface area contributed by atoms with Gasteiger partial charge in [-0.3, -0.25) is 4.79 Å². The molecule has 0 saturated heterocycles. The molecule has 27 heavy (non-hydrogen) atoms. The van der Waals surface area contributed by atoms with Gasteiger partial charge in [-0.15, -0.1) is 0 Å². The van der Waals surface area contributed by atoms with E-state index in [0.717, 1.165) is 4.47 Å². The molecular formula is C19H18BrN3O4. The van der Waals surface area contributed by atoms with Crippen molar-refractivity contribution in [3.63, 3.8) is 0 Å². The molecule has 2 aliphatic rings. The molecule has 1 aliphatic carbocycles. The second kappa shape index (κ2) is 5.45. The summed E-state index contributed by atoms with van der Waals surface area (Å²) in [5, 5.41) is 2.78. The molecule has 7 nitrogen and oxygen atoms in total. The number of hydrogen-bond donors (Lipinski definition) is 2. The summed E-state index contributed by atoms with van der Waals surface area (Å²) in [4.78, 5) is 30.6. The quantitative estimate of drug-likeness (QED) is 0.671. The number of esters is 1. The zero-order valence-corrected chi connectivity index (χ0v) is 16.9. The number of hydrogen-bond acceptors (Lipinski definition) is 6. The van der Waals surface area contributed by atoms with Crippen LogP contribution in [0.3, 0.4) is 0 Å². The predicted octanol–water partition coefficient (Wildman–Crippen LogP) is 3.03. The summed E-state index contributed by atoms with van der Waals surface area (Å²) in [6, 6.07) is 5.38. The first kappa shape index (κ1) is 17.8. The third-order valence-corrected chi connectivity index (χ3v) is 5.12. The number of nitrogen functional groups attached to an aromatic ring is 1. The molecule has 1 aromatic carbocycles. The normalized spacial score (nSPS) is 20.7. The first-order chi connectivity index (χ1) is 12.6. The van der Waals surface area contributed by atoms with Crippen molar-refractivity contribution in [3.8, 4) is 11.3 Å². The lowest BCUT2D eigenvalue weighted by atomic mass is 9.74. The lowest BCUT2D eigenvalue weighted by Gasteiger charge is -2.27. The van der Waals surface area contributed by atoms with Crippen molar-refractivity contribution in [3.05, 3.63) is 45.2 Å². The van der Waals surface area contributed by atoms with Crippen molar-refractivity contribution in [1.82, 2.24) is 10.3 Å². The molecule has 0 saturated carbocycles. The van der Waals surface area contributed by atoms with Crippen LogP contribution in [-0.4, -0.2) is 22.5 Å². The SMILES string of the molecule is CC1=C(C(=O)OC(C)(C)C)[C@@]2(C(=O)N1)c1cc(Br)ccc1-c1oc(N)nc12. The van der Waals surface area contributed by atoms with Crippen molar-refractivity contribution >= 4 is 33.8 Å². The highest BCUT2D eigenvalue weighted by molar-refractivity contribution is 9.10. The first-order valence-corrected chi connectivity index (χ1v) is 9.18. The molecule has 4 rings (SSSR count). The fourth-order valence-corrected chi connectivity index (χ4v) is 4.13. The topological polar surface area (TPSA) is 107 Å². The minimum absolute atomic E-state index is 0.0613. The molecule has 0 bridgehead atoms. The molecule has 140 valence electrons. The number of allylic oxidation sites excluding steroid dienone is 1. The zero-order chi connectivity index (χ0) is 19.7. The number of nitrogens with two attached hydrogens (primary N) is 1. The Hall–Kier alpha value is -2.61. The summed E-state index contributed by atoms with van der Waals surface area (Å²) in [5.74, 6) is -0.577. The third-order valence-electron chi connectivity index (χ3n) is 4.62. The Morgan fingerprint density at radius 3 is 2.74 bits per heavy atom. The molecule has 1 aromatic heterocycles. The molecule has 1 amide bonds. The molecular weight excluding hydrogens is 414 g/mol. The number of amides is 1. The second-order valence-electron chi connectivity index (χ2n) is 7.63. The van der Waals surface area contributed by atoms with E-state index in [2.05, 4.69) is 26.2 Å². The van der Waals surface area contributed by atoms with Gasteiger partial charge in [-0.25, -0.2) is 4.79 Å². The number of nitrogens with one attached hydrogen (secondary N) is 1. The summed E-state index contributed by atoms with van der Waals surface area (Å²) < 4.78 is 12.0. The first-order valence-electron chi connectivity index (χ1n) is 8.39. The Labute approximate surface area is 164 Å². The van der Waals surface area contributed by atoms with Crippen LogP contribution in [0.5, 0.6) is 0 Å². The van der Waals surface area contributed by atoms with Crippen LogP contribution in [0, 0.1) is 0 Å². The van der Waals surface area contributed by atoms with Crippen molar-refractivity contribution in [1.29, 1.82) is 0 Å². The molecule has 0 unspecified atom stereocenters. The van der Waals surface area contributed by atoms with E-state index in [4.69, 9.17) is 14.9 Å². The highest BCUT2D eigenvalue weighted by Crippen LogP contribution is 2.56. The number of anilines is 1. The average molecular weight is 432 g/mol. The van der Waals surface area contributed by atoms with Gasteiger partial charge in [0.15, 0.2) is 11.2 Å². The van der Waals surface area contributed by atoms with E-state index < -0.39 is 17.0 Å². The number of aromatic nitrogens is 1. The van der Waals surface area contributed by atoms with Crippen LogP contribution in [0.15, 0.2) is 38.4 Å². The van der Waals surface area contributed by atoms with E-state index >= 15 is 0 Å². The standard InChI is InChI=1S/C19H18BrN3O4/c1-8-12(15(24)27-18(2,3)4)19(16(25)22-8)11-7-9(20)5-6-10(11)13-14(19)23-17(21)26-13/h5-7H,1-4H3,(H2,21,23)(H,22,25)/t19-/m0/s1. The minimum atomic E-state index is -1.46. The maximum atomic E-state index is 13.2. The Morgan fingerprint density at radius 2 is 2.07 bits per heavy atom. The summed E-state index contributed by atoms with van der Waals surface area (Å²) in [6.07, 6.45) is 0. The van der Waals surface area contributed by atoms with Gasteiger partial charge in [0, 0.05) is 15.7 Å². The van der Waals surface area contributed by atoms with E-state index in [0.29, 0.717) is 28.3 Å². The monoisotopic (exact) mass is 431 g/mol. The maximum Gasteiger partial charge on any atom is 0.338 e. The number of rotatable bonds is 1. The molecule has 1 atom stereocenters. The van der Waals surface area contributed by atoms with Gasteiger partial charge < -0.3 is 20.2 Å². The van der Waals surface area contributed by atoms with Crippen molar-refractivity contribution in [2.24, 2.45) is 0 Å². The molecule has 0 radical (unpaired) electrons. The number of carbonyl (C=O) groups is 2. The number of ether oxygens (including phenoxy) is 1. The van der Waals surface area contributed by atoms with E-state index in [1.807, 2.05) is 12.1 Å². The maximum absolute atomic E-state index is 13.2. The van der Waals surface area contributed by atoms with Gasteiger partial charge in [0.05, 0.1) is 5.57 Å². The molecule has 0 fully saturated rings. The van der Waals surface area contributed by atoms with Crippen LogP contribution in [0.2, 0.25) is 0 Å². The van der Waals surface area contributed by atoms with Gasteiger partial charge in [-0.2, -0.15) is 4.98 Å². The highest BCUT2D eigenvalue weighted by atomic mass is 79.9. The van der Waals surface area contributed by atoms with Gasteiger partial charge in [-0.1, -0.05) is 15.9 Å². The largest absolute Gasteiger partial charge is 0.457 e. The number of fused-ring (bicyclic) bond motifs is 5. The summed E-state index contributed by atoms with van der Waals surface area (Å²) in [7, 11) is 0. The number of halogens is 1. The van der Waals surface area contributed by atoms with Crippen LogP contribution in [0.1, 0.15) is 39.0 Å². The fourth-order valence-electron chi connectivity index (χ4n) is 3.77. The van der Waals surface area contributed by atoms with E-state index in [1.165, 1.54) is 0 Å². The summed E-state index contributed by atoms with van der Waals surface area (Å²) >= 11 is 3.44.